The third kappa shape index (κ3) is 2.94. The Bertz CT molecular complexity index is 603. The molecule has 0 saturated heterocycles. The smallest absolute Gasteiger partial charge is 0.308 e. The van der Waals surface area contributed by atoms with E-state index in [2.05, 4.69) is 6.07 Å². The molecule has 2 aromatic carbocycles. The molecule has 19 heavy (non-hydrogen) atoms. The standard InChI is InChI=1S/C16H15O3/c1-11-6-4-9-15(16(11)18-3)13-7-5-8-14(10-13)19-12(2)17/h4-5,7-10H,1-3H3. The quantitative estimate of drug-likeness (QED) is 0.623. The van der Waals surface area contributed by atoms with E-state index in [9.17, 15) is 4.79 Å². The number of carbonyl (C=O) groups is 1. The van der Waals surface area contributed by atoms with Gasteiger partial charge in [-0.1, -0.05) is 24.3 Å². The number of carbonyl (C=O) groups excluding carboxylic acids is 1. The Morgan fingerprint density at radius 1 is 1.26 bits per heavy atom. The van der Waals surface area contributed by atoms with Crippen LogP contribution in [-0.4, -0.2) is 13.1 Å². The first-order chi connectivity index (χ1) is 9.11. The Morgan fingerprint density at radius 2 is 2.05 bits per heavy atom. The summed E-state index contributed by atoms with van der Waals surface area (Å²) in [5.74, 6) is 0.974. The Balaban J connectivity index is 2.47. The molecule has 0 heterocycles. The van der Waals surface area contributed by atoms with Crippen LogP contribution >= 0.6 is 0 Å². The molecule has 0 aromatic heterocycles. The van der Waals surface area contributed by atoms with Gasteiger partial charge >= 0.3 is 5.97 Å². The van der Waals surface area contributed by atoms with Crippen molar-refractivity contribution in [1.29, 1.82) is 0 Å². The van der Waals surface area contributed by atoms with Gasteiger partial charge in [-0.05, 0) is 36.2 Å². The number of esters is 1. The van der Waals surface area contributed by atoms with Crippen LogP contribution in [0.2, 0.25) is 0 Å². The zero-order valence-electron chi connectivity index (χ0n) is 11.2. The minimum absolute atomic E-state index is 0.332. The molecule has 0 N–H and O–H groups in total. The molecule has 0 unspecified atom stereocenters. The van der Waals surface area contributed by atoms with E-state index in [1.165, 1.54) is 6.92 Å². The van der Waals surface area contributed by atoms with E-state index >= 15 is 0 Å². The molecule has 0 fully saturated rings. The molecule has 0 atom stereocenters. The molecule has 0 aliphatic heterocycles. The molecule has 0 bridgehead atoms. The molecule has 2 aromatic rings. The molecule has 97 valence electrons. The molecule has 1 radical (unpaired) electrons. The van der Waals surface area contributed by atoms with Crippen LogP contribution in [0.3, 0.4) is 0 Å². The summed E-state index contributed by atoms with van der Waals surface area (Å²) in [6, 6.07) is 14.2. The van der Waals surface area contributed by atoms with Crippen molar-refractivity contribution in [3.63, 3.8) is 0 Å². The number of rotatable bonds is 3. The largest absolute Gasteiger partial charge is 0.496 e. The van der Waals surface area contributed by atoms with E-state index in [1.54, 1.807) is 13.2 Å². The molecule has 2 rings (SSSR count). The average Bonchev–Trinajstić information content (AvgIpc) is 2.38. The normalized spacial score (nSPS) is 10.1. The first kappa shape index (κ1) is 13.1. The maximum Gasteiger partial charge on any atom is 0.308 e. The second-order valence-corrected chi connectivity index (χ2v) is 4.17. The van der Waals surface area contributed by atoms with E-state index in [4.69, 9.17) is 9.47 Å². The lowest BCUT2D eigenvalue weighted by molar-refractivity contribution is -0.131. The zero-order valence-corrected chi connectivity index (χ0v) is 11.2. The van der Waals surface area contributed by atoms with Gasteiger partial charge in [-0.3, -0.25) is 4.79 Å². The monoisotopic (exact) mass is 255 g/mol. The maximum absolute atomic E-state index is 11.0. The summed E-state index contributed by atoms with van der Waals surface area (Å²) in [5, 5.41) is 0. The fourth-order valence-corrected chi connectivity index (χ4v) is 1.98. The van der Waals surface area contributed by atoms with Crippen LogP contribution < -0.4 is 9.47 Å². The van der Waals surface area contributed by atoms with Gasteiger partial charge in [-0.15, -0.1) is 0 Å². The van der Waals surface area contributed by atoms with Crippen LogP contribution in [0.25, 0.3) is 11.1 Å². The van der Waals surface area contributed by atoms with Gasteiger partial charge in [-0.25, -0.2) is 0 Å². The van der Waals surface area contributed by atoms with Crippen LogP contribution in [0.15, 0.2) is 36.4 Å². The highest BCUT2D eigenvalue weighted by atomic mass is 16.5. The Morgan fingerprint density at radius 3 is 2.74 bits per heavy atom. The van der Waals surface area contributed by atoms with Gasteiger partial charge < -0.3 is 9.47 Å². The lowest BCUT2D eigenvalue weighted by atomic mass is 10.0. The number of ether oxygens (including phenoxy) is 2. The highest BCUT2D eigenvalue weighted by Gasteiger charge is 2.09. The Labute approximate surface area is 112 Å². The van der Waals surface area contributed by atoms with E-state index in [0.717, 1.165) is 22.4 Å². The summed E-state index contributed by atoms with van der Waals surface area (Å²) >= 11 is 0. The summed E-state index contributed by atoms with van der Waals surface area (Å²) in [6.07, 6.45) is 0. The van der Waals surface area contributed by atoms with Crippen molar-refractivity contribution < 1.29 is 14.3 Å². The summed E-state index contributed by atoms with van der Waals surface area (Å²) in [4.78, 5) is 11.0. The minimum Gasteiger partial charge on any atom is -0.496 e. The molecule has 3 heteroatoms. The van der Waals surface area contributed by atoms with Gasteiger partial charge in [0.15, 0.2) is 0 Å². The first-order valence-electron chi connectivity index (χ1n) is 5.96. The SMILES string of the molecule is COc1c(C)[c]ccc1-c1cccc(OC(C)=O)c1. The molecular weight excluding hydrogens is 240 g/mol. The third-order valence-corrected chi connectivity index (χ3v) is 2.75. The first-order valence-corrected chi connectivity index (χ1v) is 5.96. The van der Waals surface area contributed by atoms with Gasteiger partial charge in [0.2, 0.25) is 0 Å². The topological polar surface area (TPSA) is 35.5 Å². The van der Waals surface area contributed by atoms with Crippen molar-refractivity contribution in [1.82, 2.24) is 0 Å². The third-order valence-electron chi connectivity index (χ3n) is 2.75. The molecule has 0 aliphatic rings. The van der Waals surface area contributed by atoms with Crippen LogP contribution in [0.5, 0.6) is 11.5 Å². The molecule has 0 amide bonds. The average molecular weight is 255 g/mol. The van der Waals surface area contributed by atoms with Crippen molar-refractivity contribution in [2.24, 2.45) is 0 Å². The van der Waals surface area contributed by atoms with E-state index in [0.29, 0.717) is 5.75 Å². The lowest BCUT2D eigenvalue weighted by Crippen LogP contribution is -2.01. The summed E-state index contributed by atoms with van der Waals surface area (Å²) in [6.45, 7) is 3.33. The van der Waals surface area contributed by atoms with Crippen LogP contribution in [0.1, 0.15) is 12.5 Å². The van der Waals surface area contributed by atoms with E-state index < -0.39 is 0 Å². The highest BCUT2D eigenvalue weighted by Crippen LogP contribution is 2.33. The van der Waals surface area contributed by atoms with Gasteiger partial charge in [0.25, 0.3) is 0 Å². The number of methoxy groups -OCH3 is 1. The maximum atomic E-state index is 11.0. The number of hydrogen-bond donors (Lipinski definition) is 0. The van der Waals surface area contributed by atoms with Crippen molar-refractivity contribution in [3.05, 3.63) is 48.0 Å². The highest BCUT2D eigenvalue weighted by molar-refractivity contribution is 5.74. The second kappa shape index (κ2) is 5.57. The van der Waals surface area contributed by atoms with Gasteiger partial charge in [0.05, 0.1) is 7.11 Å². The number of benzene rings is 2. The van der Waals surface area contributed by atoms with Crippen molar-refractivity contribution >= 4 is 5.97 Å². The van der Waals surface area contributed by atoms with Gasteiger partial charge in [-0.2, -0.15) is 0 Å². The van der Waals surface area contributed by atoms with Crippen LogP contribution in [0.4, 0.5) is 0 Å². The van der Waals surface area contributed by atoms with Gasteiger partial charge in [0.1, 0.15) is 11.5 Å². The zero-order chi connectivity index (χ0) is 13.8. The van der Waals surface area contributed by atoms with Crippen molar-refractivity contribution in [3.8, 4) is 22.6 Å². The Hall–Kier alpha value is -2.29. The predicted molar refractivity (Wildman–Crippen MR) is 73.3 cm³/mol. The summed E-state index contributed by atoms with van der Waals surface area (Å²) in [7, 11) is 1.63. The molecule has 0 spiro atoms. The molecular formula is C16H15O3. The number of aryl methyl sites for hydroxylation is 1. The van der Waals surface area contributed by atoms with Gasteiger partial charge in [0, 0.05) is 12.5 Å². The molecule has 3 nitrogen and oxygen atoms in total. The predicted octanol–water partition coefficient (Wildman–Crippen LogP) is 3.40. The van der Waals surface area contributed by atoms with Crippen molar-refractivity contribution in [2.45, 2.75) is 13.8 Å². The van der Waals surface area contributed by atoms with Crippen LogP contribution in [0, 0.1) is 13.0 Å². The fraction of sp³-hybridized carbons (Fsp3) is 0.188. The molecule has 0 aliphatic carbocycles. The fourth-order valence-electron chi connectivity index (χ4n) is 1.98. The van der Waals surface area contributed by atoms with Crippen LogP contribution in [-0.2, 0) is 4.79 Å². The molecule has 0 saturated carbocycles. The summed E-state index contributed by atoms with van der Waals surface area (Å²) < 4.78 is 10.5. The van der Waals surface area contributed by atoms with Crippen molar-refractivity contribution in [2.75, 3.05) is 7.11 Å². The Kier molecular flexibility index (Phi) is 3.85. The van der Waals surface area contributed by atoms with E-state index in [1.807, 2.05) is 37.3 Å². The minimum atomic E-state index is -0.332. The lowest BCUT2D eigenvalue weighted by Gasteiger charge is -2.12. The number of hydrogen-bond acceptors (Lipinski definition) is 3. The van der Waals surface area contributed by atoms with E-state index in [-0.39, 0.29) is 5.97 Å². The summed E-state index contributed by atoms with van der Waals surface area (Å²) in [5.41, 5.74) is 2.83. The second-order valence-electron chi connectivity index (χ2n) is 4.17.